The van der Waals surface area contributed by atoms with Crippen LogP contribution in [0.25, 0.3) is 11.1 Å². The minimum Gasteiger partial charge on any atom is -0.550 e. The number of amides is 1. The predicted molar refractivity (Wildman–Crippen MR) is 112 cm³/mol. The average Bonchev–Trinajstić information content (AvgIpc) is 3.02. The molecule has 1 amide bonds. The third-order valence-corrected chi connectivity index (χ3v) is 6.39. The molecule has 0 unspecified atom stereocenters. The number of benzene rings is 1. The van der Waals surface area contributed by atoms with Gasteiger partial charge in [-0.3, -0.25) is 4.79 Å². The van der Waals surface area contributed by atoms with Crippen LogP contribution < -0.4 is 10.4 Å². The quantitative estimate of drug-likeness (QED) is 0.759. The van der Waals surface area contributed by atoms with Crippen LogP contribution >= 0.6 is 11.3 Å². The molecule has 1 aromatic carbocycles. The van der Waals surface area contributed by atoms with E-state index in [0.717, 1.165) is 16.0 Å². The largest absolute Gasteiger partial charge is 0.550 e. The number of carbonyl (C=O) groups excluding carboxylic acids is 2. The molecule has 150 valence electrons. The highest BCUT2D eigenvalue weighted by molar-refractivity contribution is 7.17. The Morgan fingerprint density at radius 2 is 1.79 bits per heavy atom. The van der Waals surface area contributed by atoms with Crippen LogP contribution in [0, 0.1) is 30.1 Å². The van der Waals surface area contributed by atoms with E-state index in [4.69, 9.17) is 0 Å². The van der Waals surface area contributed by atoms with Crippen LogP contribution in [0.5, 0.6) is 0 Å². The van der Waals surface area contributed by atoms with Crippen molar-refractivity contribution in [3.63, 3.8) is 0 Å². The van der Waals surface area contributed by atoms with E-state index in [1.807, 2.05) is 25.1 Å². The number of nitrogens with zero attached hydrogens (tertiary/aromatic N) is 1. The summed E-state index contributed by atoms with van der Waals surface area (Å²) in [5.74, 6) is -2.74. The second-order valence-electron chi connectivity index (χ2n) is 7.59. The number of nitriles is 1. The van der Waals surface area contributed by atoms with E-state index in [0.29, 0.717) is 22.9 Å². The smallest absolute Gasteiger partial charge is 0.229 e. The van der Waals surface area contributed by atoms with Gasteiger partial charge in [0.1, 0.15) is 11.1 Å². The molecule has 1 aromatic heterocycles. The Morgan fingerprint density at radius 1 is 1.17 bits per heavy atom. The second kappa shape index (κ2) is 8.62. The lowest BCUT2D eigenvalue weighted by Crippen LogP contribution is -2.41. The van der Waals surface area contributed by atoms with Crippen molar-refractivity contribution in [1.82, 2.24) is 0 Å². The Hall–Kier alpha value is -2.91. The zero-order valence-electron chi connectivity index (χ0n) is 16.7. The van der Waals surface area contributed by atoms with Gasteiger partial charge in [-0.15, -0.1) is 11.3 Å². The highest BCUT2D eigenvalue weighted by Gasteiger charge is 2.31. The summed E-state index contributed by atoms with van der Waals surface area (Å²) in [6.07, 6.45) is 4.21. The SMILES string of the molecule is Cc1sc(NC(=O)[C@H]2CC=CC[C@@H]2C(=O)[O-])c(C#N)c1-c1ccc(C(C)C)cc1. The van der Waals surface area contributed by atoms with Crippen LogP contribution in [0.4, 0.5) is 5.00 Å². The van der Waals surface area contributed by atoms with E-state index in [-0.39, 0.29) is 12.3 Å². The number of nitrogens with one attached hydrogen (secondary N) is 1. The van der Waals surface area contributed by atoms with Gasteiger partial charge in [0.25, 0.3) is 0 Å². The van der Waals surface area contributed by atoms with Crippen LogP contribution in [0.3, 0.4) is 0 Å². The molecule has 6 heteroatoms. The molecule has 1 heterocycles. The molecule has 0 bridgehead atoms. The number of aliphatic carboxylic acids is 1. The summed E-state index contributed by atoms with van der Waals surface area (Å²) in [6.45, 7) is 6.17. The number of aryl methyl sites for hydroxylation is 1. The molecule has 1 aliphatic carbocycles. The molecule has 0 radical (unpaired) electrons. The van der Waals surface area contributed by atoms with E-state index < -0.39 is 17.8 Å². The maximum absolute atomic E-state index is 12.8. The van der Waals surface area contributed by atoms with Crippen molar-refractivity contribution < 1.29 is 14.7 Å². The fourth-order valence-electron chi connectivity index (χ4n) is 3.69. The first kappa shape index (κ1) is 20.8. The third-order valence-electron chi connectivity index (χ3n) is 5.37. The number of thiophene rings is 1. The van der Waals surface area contributed by atoms with E-state index in [1.54, 1.807) is 6.08 Å². The van der Waals surface area contributed by atoms with Crippen molar-refractivity contribution in [3.05, 3.63) is 52.4 Å². The molecule has 0 saturated heterocycles. The number of rotatable bonds is 5. The molecular formula is C23H23N2O3S-. The first-order valence-corrected chi connectivity index (χ1v) is 10.5. The zero-order chi connectivity index (χ0) is 21.1. The molecule has 0 fully saturated rings. The summed E-state index contributed by atoms with van der Waals surface area (Å²) in [6, 6.07) is 10.3. The van der Waals surface area contributed by atoms with E-state index >= 15 is 0 Å². The van der Waals surface area contributed by atoms with Crippen molar-refractivity contribution >= 4 is 28.2 Å². The summed E-state index contributed by atoms with van der Waals surface area (Å²) in [5, 5.41) is 24.4. The average molecular weight is 408 g/mol. The van der Waals surface area contributed by atoms with E-state index in [9.17, 15) is 20.0 Å². The summed E-state index contributed by atoms with van der Waals surface area (Å²) in [5.41, 5.74) is 3.36. The molecule has 1 N–H and O–H groups in total. The Labute approximate surface area is 174 Å². The topological polar surface area (TPSA) is 93.0 Å². The number of carboxylic acids is 1. The van der Waals surface area contributed by atoms with Gasteiger partial charge < -0.3 is 15.2 Å². The third kappa shape index (κ3) is 4.25. The predicted octanol–water partition coefficient (Wildman–Crippen LogP) is 3.99. The lowest BCUT2D eigenvalue weighted by atomic mass is 9.82. The highest BCUT2D eigenvalue weighted by Crippen LogP contribution is 2.40. The highest BCUT2D eigenvalue weighted by atomic mass is 32.1. The molecule has 0 spiro atoms. The van der Waals surface area contributed by atoms with E-state index in [2.05, 4.69) is 37.4 Å². The van der Waals surface area contributed by atoms with Gasteiger partial charge >= 0.3 is 0 Å². The van der Waals surface area contributed by atoms with Gasteiger partial charge in [-0.1, -0.05) is 50.3 Å². The lowest BCUT2D eigenvalue weighted by molar-refractivity contribution is -0.313. The van der Waals surface area contributed by atoms with Gasteiger partial charge in [-0.25, -0.2) is 0 Å². The number of hydrogen-bond acceptors (Lipinski definition) is 5. The molecule has 2 atom stereocenters. The van der Waals surface area contributed by atoms with Crippen LogP contribution in [-0.4, -0.2) is 11.9 Å². The van der Waals surface area contributed by atoms with Crippen LogP contribution in [0.15, 0.2) is 36.4 Å². The molecule has 0 saturated carbocycles. The minimum atomic E-state index is -1.22. The number of carbonyl (C=O) groups is 2. The van der Waals surface area contributed by atoms with Crippen LogP contribution in [0.2, 0.25) is 0 Å². The number of allylic oxidation sites excluding steroid dienone is 2. The summed E-state index contributed by atoms with van der Waals surface area (Å²) < 4.78 is 0. The molecule has 3 rings (SSSR count). The van der Waals surface area contributed by atoms with Crippen LogP contribution in [-0.2, 0) is 9.59 Å². The fourth-order valence-corrected chi connectivity index (χ4v) is 4.72. The molecule has 2 aromatic rings. The molecular weight excluding hydrogens is 384 g/mol. The fraction of sp³-hybridized carbons (Fsp3) is 0.348. The summed E-state index contributed by atoms with van der Waals surface area (Å²) in [7, 11) is 0. The first-order chi connectivity index (χ1) is 13.8. The van der Waals surface area contributed by atoms with Crippen molar-refractivity contribution in [2.45, 2.75) is 39.5 Å². The second-order valence-corrected chi connectivity index (χ2v) is 8.81. The maximum Gasteiger partial charge on any atom is 0.229 e. The van der Waals surface area contributed by atoms with Gasteiger partial charge in [0.15, 0.2) is 0 Å². The van der Waals surface area contributed by atoms with Crippen molar-refractivity contribution in [1.29, 1.82) is 5.26 Å². The van der Waals surface area contributed by atoms with Crippen molar-refractivity contribution in [2.24, 2.45) is 11.8 Å². The van der Waals surface area contributed by atoms with Crippen molar-refractivity contribution in [3.8, 4) is 17.2 Å². The summed E-state index contributed by atoms with van der Waals surface area (Å²) in [4.78, 5) is 25.1. The zero-order valence-corrected chi connectivity index (χ0v) is 17.5. The van der Waals surface area contributed by atoms with Gasteiger partial charge in [0, 0.05) is 22.3 Å². The number of hydrogen-bond donors (Lipinski definition) is 1. The number of anilines is 1. The Balaban J connectivity index is 1.91. The standard InChI is InChI=1S/C23H24N2O3S/c1-13(2)15-8-10-16(11-9-15)20-14(3)29-22(19(20)12-24)25-21(26)17-6-4-5-7-18(17)23(27)28/h4-5,8-11,13,17-18H,6-7H2,1-3H3,(H,25,26)(H,27,28)/p-1/t17-,18-/m0/s1. The lowest BCUT2D eigenvalue weighted by Gasteiger charge is -2.28. The minimum absolute atomic E-state index is 0.280. The van der Waals surface area contributed by atoms with Crippen molar-refractivity contribution in [2.75, 3.05) is 5.32 Å². The molecule has 0 aliphatic heterocycles. The molecule has 29 heavy (non-hydrogen) atoms. The summed E-state index contributed by atoms with van der Waals surface area (Å²) >= 11 is 1.34. The van der Waals surface area contributed by atoms with Gasteiger partial charge in [-0.05, 0) is 36.8 Å². The Bertz CT molecular complexity index is 996. The number of carboxylic acid groups (broad SMARTS) is 1. The molecule has 5 nitrogen and oxygen atoms in total. The first-order valence-electron chi connectivity index (χ1n) is 9.64. The van der Waals surface area contributed by atoms with Crippen LogP contribution in [0.1, 0.15) is 48.6 Å². The van der Waals surface area contributed by atoms with Gasteiger partial charge in [-0.2, -0.15) is 5.26 Å². The normalized spacial score (nSPS) is 18.4. The monoisotopic (exact) mass is 407 g/mol. The van der Waals surface area contributed by atoms with Gasteiger partial charge in [0.05, 0.1) is 11.5 Å². The van der Waals surface area contributed by atoms with Gasteiger partial charge in [0.2, 0.25) is 5.91 Å². The maximum atomic E-state index is 12.8. The Morgan fingerprint density at radius 3 is 2.34 bits per heavy atom. The van der Waals surface area contributed by atoms with E-state index in [1.165, 1.54) is 16.9 Å². The Kier molecular flexibility index (Phi) is 6.19. The molecule has 1 aliphatic rings.